The van der Waals surface area contributed by atoms with Gasteiger partial charge in [-0.3, -0.25) is 19.3 Å². The molecule has 2 aliphatic carbocycles. The van der Waals surface area contributed by atoms with E-state index in [1.807, 2.05) is 12.1 Å². The Labute approximate surface area is 154 Å². The molecule has 4 rings (SSSR count). The fourth-order valence-electron chi connectivity index (χ4n) is 4.84. The molecule has 0 bridgehead atoms. The Kier molecular flexibility index (Phi) is 4.79. The summed E-state index contributed by atoms with van der Waals surface area (Å²) in [7, 11) is 0. The van der Waals surface area contributed by atoms with Crippen LogP contribution >= 0.6 is 0 Å². The first kappa shape index (κ1) is 17.3. The Morgan fingerprint density at radius 2 is 1.69 bits per heavy atom. The number of imide groups is 1. The van der Waals surface area contributed by atoms with E-state index < -0.39 is 0 Å². The van der Waals surface area contributed by atoms with Gasteiger partial charge in [-0.25, -0.2) is 0 Å². The molecule has 1 aliphatic heterocycles. The zero-order valence-electron chi connectivity index (χ0n) is 15.1. The Hall–Kier alpha value is -2.17. The molecular formula is C21H26N2O3. The third-order valence-corrected chi connectivity index (χ3v) is 6.20. The molecule has 1 aromatic carbocycles. The molecule has 3 aliphatic rings. The molecule has 0 aromatic heterocycles. The Morgan fingerprint density at radius 3 is 2.42 bits per heavy atom. The van der Waals surface area contributed by atoms with Gasteiger partial charge in [0, 0.05) is 13.0 Å². The van der Waals surface area contributed by atoms with Crippen LogP contribution in [0.1, 0.15) is 62.1 Å². The second kappa shape index (κ2) is 7.22. The van der Waals surface area contributed by atoms with Crippen LogP contribution in [-0.4, -0.2) is 29.2 Å². The summed E-state index contributed by atoms with van der Waals surface area (Å²) in [4.78, 5) is 38.8. The van der Waals surface area contributed by atoms with E-state index in [1.54, 1.807) is 0 Å². The zero-order valence-corrected chi connectivity index (χ0v) is 15.1. The molecule has 0 radical (unpaired) electrons. The third kappa shape index (κ3) is 3.15. The van der Waals surface area contributed by atoms with Crippen LogP contribution < -0.4 is 5.32 Å². The van der Waals surface area contributed by atoms with Crippen molar-refractivity contribution < 1.29 is 14.4 Å². The number of rotatable bonds is 4. The fourth-order valence-corrected chi connectivity index (χ4v) is 4.84. The highest BCUT2D eigenvalue weighted by molar-refractivity contribution is 6.05. The van der Waals surface area contributed by atoms with E-state index in [0.717, 1.165) is 44.9 Å². The molecular weight excluding hydrogens is 328 g/mol. The van der Waals surface area contributed by atoms with E-state index in [4.69, 9.17) is 0 Å². The van der Waals surface area contributed by atoms with Gasteiger partial charge in [-0.2, -0.15) is 0 Å². The van der Waals surface area contributed by atoms with Gasteiger partial charge in [-0.15, -0.1) is 0 Å². The SMILES string of the molecule is O=C(CCN1C(=O)[C@H]2CCCC[C@@H]2C1=O)N[C@H]1CCCc2ccccc21. The van der Waals surface area contributed by atoms with Crippen molar-refractivity contribution in [3.63, 3.8) is 0 Å². The summed E-state index contributed by atoms with van der Waals surface area (Å²) in [6.45, 7) is 0.213. The topological polar surface area (TPSA) is 66.5 Å². The number of amides is 3. The molecule has 3 atom stereocenters. The van der Waals surface area contributed by atoms with Gasteiger partial charge in [0.1, 0.15) is 0 Å². The average Bonchev–Trinajstić information content (AvgIpc) is 2.91. The number of fused-ring (bicyclic) bond motifs is 2. The number of carbonyl (C=O) groups excluding carboxylic acids is 3. The van der Waals surface area contributed by atoms with E-state index in [1.165, 1.54) is 16.0 Å². The highest BCUT2D eigenvalue weighted by atomic mass is 16.2. The second-order valence-corrected chi connectivity index (χ2v) is 7.79. The van der Waals surface area contributed by atoms with Crippen molar-refractivity contribution in [1.82, 2.24) is 10.2 Å². The number of nitrogens with one attached hydrogen (secondary N) is 1. The maximum atomic E-state index is 12.5. The summed E-state index contributed by atoms with van der Waals surface area (Å²) < 4.78 is 0. The third-order valence-electron chi connectivity index (χ3n) is 6.20. The van der Waals surface area contributed by atoms with Gasteiger partial charge >= 0.3 is 0 Å². The van der Waals surface area contributed by atoms with Gasteiger partial charge in [0.2, 0.25) is 17.7 Å². The maximum absolute atomic E-state index is 12.5. The zero-order chi connectivity index (χ0) is 18.1. The van der Waals surface area contributed by atoms with Crippen molar-refractivity contribution >= 4 is 17.7 Å². The van der Waals surface area contributed by atoms with Gasteiger partial charge in [-0.1, -0.05) is 37.1 Å². The lowest BCUT2D eigenvalue weighted by Crippen LogP contribution is -2.37. The maximum Gasteiger partial charge on any atom is 0.233 e. The van der Waals surface area contributed by atoms with Gasteiger partial charge < -0.3 is 5.32 Å². The molecule has 0 unspecified atom stereocenters. The molecule has 1 N–H and O–H groups in total. The number of hydrogen-bond donors (Lipinski definition) is 1. The minimum atomic E-state index is -0.135. The number of hydrogen-bond acceptors (Lipinski definition) is 3. The first-order chi connectivity index (χ1) is 12.6. The first-order valence-corrected chi connectivity index (χ1v) is 9.87. The Bertz CT molecular complexity index is 706. The predicted molar refractivity (Wildman–Crippen MR) is 97.0 cm³/mol. The van der Waals surface area contributed by atoms with Crippen LogP contribution in [-0.2, 0) is 20.8 Å². The van der Waals surface area contributed by atoms with Crippen LogP contribution in [0.3, 0.4) is 0 Å². The lowest BCUT2D eigenvalue weighted by Gasteiger charge is -2.26. The molecule has 1 saturated carbocycles. The van der Waals surface area contributed by atoms with E-state index in [2.05, 4.69) is 17.4 Å². The summed E-state index contributed by atoms with van der Waals surface area (Å²) >= 11 is 0. The molecule has 3 amide bonds. The second-order valence-electron chi connectivity index (χ2n) is 7.79. The van der Waals surface area contributed by atoms with Crippen LogP contribution in [0.15, 0.2) is 24.3 Å². The fraction of sp³-hybridized carbons (Fsp3) is 0.571. The lowest BCUT2D eigenvalue weighted by atomic mass is 9.81. The van der Waals surface area contributed by atoms with Crippen LogP contribution in [0.2, 0.25) is 0 Å². The van der Waals surface area contributed by atoms with Crippen molar-refractivity contribution in [1.29, 1.82) is 0 Å². The van der Waals surface area contributed by atoms with Crippen LogP contribution in [0.5, 0.6) is 0 Å². The number of likely N-dealkylation sites (tertiary alicyclic amines) is 1. The normalized spacial score (nSPS) is 27.8. The Morgan fingerprint density at radius 1 is 1.00 bits per heavy atom. The van der Waals surface area contributed by atoms with E-state index >= 15 is 0 Å². The highest BCUT2D eigenvalue weighted by Crippen LogP contribution is 2.38. The Balaban J connectivity index is 1.35. The molecule has 5 heteroatoms. The quantitative estimate of drug-likeness (QED) is 0.846. The molecule has 26 heavy (non-hydrogen) atoms. The van der Waals surface area contributed by atoms with Gasteiger partial charge in [0.15, 0.2) is 0 Å². The molecule has 2 fully saturated rings. The number of carbonyl (C=O) groups is 3. The van der Waals surface area contributed by atoms with Crippen molar-refractivity contribution in [2.75, 3.05) is 6.54 Å². The minimum Gasteiger partial charge on any atom is -0.349 e. The summed E-state index contributed by atoms with van der Waals surface area (Å²) in [6, 6.07) is 8.29. The van der Waals surface area contributed by atoms with Crippen LogP contribution in [0, 0.1) is 11.8 Å². The van der Waals surface area contributed by atoms with E-state index in [-0.39, 0.29) is 48.6 Å². The number of aryl methyl sites for hydroxylation is 1. The molecule has 138 valence electrons. The largest absolute Gasteiger partial charge is 0.349 e. The summed E-state index contributed by atoms with van der Waals surface area (Å²) in [5.41, 5.74) is 2.50. The van der Waals surface area contributed by atoms with Crippen molar-refractivity contribution in [3.8, 4) is 0 Å². The van der Waals surface area contributed by atoms with E-state index in [9.17, 15) is 14.4 Å². The molecule has 1 aromatic rings. The first-order valence-electron chi connectivity index (χ1n) is 9.87. The van der Waals surface area contributed by atoms with Crippen LogP contribution in [0.4, 0.5) is 0 Å². The monoisotopic (exact) mass is 354 g/mol. The van der Waals surface area contributed by atoms with Gasteiger partial charge in [0.05, 0.1) is 17.9 Å². The molecule has 5 nitrogen and oxygen atoms in total. The standard InChI is InChI=1S/C21H26N2O3/c24-19(22-18-11-5-7-14-6-1-2-8-15(14)18)12-13-23-20(25)16-9-3-4-10-17(16)21(23)26/h1-2,6,8,16-18H,3-5,7,9-13H2,(H,22,24)/t16-,17-,18-/m0/s1. The van der Waals surface area contributed by atoms with Crippen molar-refractivity contribution in [2.24, 2.45) is 11.8 Å². The molecule has 0 spiro atoms. The highest BCUT2D eigenvalue weighted by Gasteiger charge is 2.47. The smallest absolute Gasteiger partial charge is 0.233 e. The van der Waals surface area contributed by atoms with Gasteiger partial charge in [-0.05, 0) is 43.2 Å². The molecule has 1 saturated heterocycles. The lowest BCUT2D eigenvalue weighted by molar-refractivity contribution is -0.140. The number of benzene rings is 1. The van der Waals surface area contributed by atoms with E-state index in [0.29, 0.717) is 0 Å². The van der Waals surface area contributed by atoms with Crippen molar-refractivity contribution in [3.05, 3.63) is 35.4 Å². The van der Waals surface area contributed by atoms with Gasteiger partial charge in [0.25, 0.3) is 0 Å². The predicted octanol–water partition coefficient (Wildman–Crippen LogP) is 2.75. The summed E-state index contributed by atoms with van der Waals surface area (Å²) in [5, 5.41) is 3.10. The average molecular weight is 354 g/mol. The summed E-state index contributed by atoms with van der Waals surface area (Å²) in [6.07, 6.45) is 6.93. The molecule has 1 heterocycles. The van der Waals surface area contributed by atoms with Crippen molar-refractivity contribution in [2.45, 2.75) is 57.4 Å². The minimum absolute atomic E-state index is 0.0417. The summed E-state index contributed by atoms with van der Waals surface area (Å²) in [5.74, 6) is -0.470. The van der Waals surface area contributed by atoms with Crippen LogP contribution in [0.25, 0.3) is 0 Å². The number of nitrogens with zero attached hydrogens (tertiary/aromatic N) is 1.